The number of allylic oxidation sites excluding steroid dienone is 2. The van der Waals surface area contributed by atoms with Gasteiger partial charge in [-0.2, -0.15) is 0 Å². The molecule has 0 aliphatic heterocycles. The van der Waals surface area contributed by atoms with Crippen LogP contribution >= 0.6 is 0 Å². The third-order valence-corrected chi connectivity index (χ3v) is 3.44. The van der Waals surface area contributed by atoms with Crippen LogP contribution in [0.5, 0.6) is 0 Å². The van der Waals surface area contributed by atoms with Gasteiger partial charge in [-0.3, -0.25) is 4.79 Å². The predicted octanol–water partition coefficient (Wildman–Crippen LogP) is 0.729. The average molecular weight is 271 g/mol. The maximum Gasteiger partial charge on any atom is 0.319 e. The molecule has 5 heteroatoms. The lowest BCUT2D eigenvalue weighted by atomic mass is 9.85. The Labute approximate surface area is 115 Å². The zero-order valence-corrected chi connectivity index (χ0v) is 11.8. The maximum absolute atomic E-state index is 10.8. The number of hydrogen-bond acceptors (Lipinski definition) is 5. The van der Waals surface area contributed by atoms with Gasteiger partial charge in [-0.1, -0.05) is 19.1 Å². The van der Waals surface area contributed by atoms with E-state index in [4.69, 9.17) is 4.74 Å². The summed E-state index contributed by atoms with van der Waals surface area (Å²) in [5.41, 5.74) is 0. The van der Waals surface area contributed by atoms with Gasteiger partial charge in [0.2, 0.25) is 0 Å². The van der Waals surface area contributed by atoms with E-state index in [2.05, 4.69) is 29.1 Å². The first kappa shape index (κ1) is 16.1. The molecule has 0 aromatic carbocycles. The van der Waals surface area contributed by atoms with Crippen LogP contribution in [0.3, 0.4) is 0 Å². The first-order valence-corrected chi connectivity index (χ1v) is 6.81. The lowest BCUT2D eigenvalue weighted by Crippen LogP contribution is -2.34. The van der Waals surface area contributed by atoms with Crippen molar-refractivity contribution in [2.75, 3.05) is 33.4 Å². The van der Waals surface area contributed by atoms with Gasteiger partial charge in [0.25, 0.3) is 0 Å². The summed E-state index contributed by atoms with van der Waals surface area (Å²) in [7, 11) is 1.34. The second-order valence-corrected chi connectivity index (χ2v) is 5.08. The van der Waals surface area contributed by atoms with Gasteiger partial charge in [0.05, 0.1) is 33.0 Å². The van der Waals surface area contributed by atoms with E-state index in [-0.39, 0.29) is 12.5 Å². The van der Waals surface area contributed by atoms with Crippen LogP contribution in [0.4, 0.5) is 0 Å². The molecule has 0 heterocycles. The van der Waals surface area contributed by atoms with Crippen LogP contribution < -0.4 is 5.32 Å². The molecule has 0 fully saturated rings. The first-order chi connectivity index (χ1) is 9.13. The maximum atomic E-state index is 10.8. The second kappa shape index (κ2) is 9.07. The van der Waals surface area contributed by atoms with Crippen molar-refractivity contribution in [1.29, 1.82) is 0 Å². The van der Waals surface area contributed by atoms with Crippen molar-refractivity contribution in [3.8, 4) is 0 Å². The first-order valence-electron chi connectivity index (χ1n) is 6.81. The van der Waals surface area contributed by atoms with Crippen LogP contribution in [0.15, 0.2) is 12.2 Å². The van der Waals surface area contributed by atoms with Gasteiger partial charge in [-0.15, -0.1) is 0 Å². The Kier molecular flexibility index (Phi) is 7.70. The summed E-state index contributed by atoms with van der Waals surface area (Å²) in [6.07, 6.45) is 5.98. The number of hydrogen-bond donors (Lipinski definition) is 2. The lowest BCUT2D eigenvalue weighted by Gasteiger charge is -2.25. The quantitative estimate of drug-likeness (QED) is 0.503. The highest BCUT2D eigenvalue weighted by atomic mass is 16.5. The average Bonchev–Trinajstić information content (AvgIpc) is 2.40. The van der Waals surface area contributed by atoms with E-state index in [1.54, 1.807) is 0 Å². The third-order valence-electron chi connectivity index (χ3n) is 3.44. The summed E-state index contributed by atoms with van der Waals surface area (Å²) in [6.45, 7) is 3.64. The van der Waals surface area contributed by atoms with E-state index >= 15 is 0 Å². The fraction of sp³-hybridized carbons (Fsp3) is 0.786. The summed E-state index contributed by atoms with van der Waals surface area (Å²) in [5.74, 6) is 0.843. The van der Waals surface area contributed by atoms with Crippen molar-refractivity contribution in [2.45, 2.75) is 25.9 Å². The van der Waals surface area contributed by atoms with Crippen LogP contribution in [-0.4, -0.2) is 50.6 Å². The van der Waals surface area contributed by atoms with E-state index in [1.807, 2.05) is 0 Å². The number of aliphatic hydroxyl groups is 1. The molecule has 3 atom stereocenters. The number of carbonyl (C=O) groups is 1. The molecular weight excluding hydrogens is 246 g/mol. The standard InChI is InChI=1S/C14H25NO4/c1-11-5-3-4-6-12(11)9-19-10-13(16)7-15-8-14(17)18-2/h3-4,11-13,15-16H,5-10H2,1-2H3. The highest BCUT2D eigenvalue weighted by Gasteiger charge is 2.18. The molecule has 1 aliphatic carbocycles. The Morgan fingerprint density at radius 1 is 1.47 bits per heavy atom. The van der Waals surface area contributed by atoms with Crippen molar-refractivity contribution < 1.29 is 19.4 Å². The summed E-state index contributed by atoms with van der Waals surface area (Å²) >= 11 is 0. The highest BCUT2D eigenvalue weighted by Crippen LogP contribution is 2.24. The predicted molar refractivity (Wildman–Crippen MR) is 72.7 cm³/mol. The molecule has 0 saturated carbocycles. The number of rotatable bonds is 8. The molecule has 19 heavy (non-hydrogen) atoms. The summed E-state index contributed by atoms with van der Waals surface area (Å²) in [6, 6.07) is 0. The van der Waals surface area contributed by atoms with Crippen LogP contribution in [-0.2, 0) is 14.3 Å². The van der Waals surface area contributed by atoms with Crippen LogP contribution in [0.25, 0.3) is 0 Å². The summed E-state index contributed by atoms with van der Waals surface area (Å²) in [5, 5.41) is 12.5. The van der Waals surface area contributed by atoms with Gasteiger partial charge < -0.3 is 19.9 Å². The van der Waals surface area contributed by atoms with Gasteiger partial charge in [0.1, 0.15) is 0 Å². The number of ether oxygens (including phenoxy) is 2. The molecule has 1 rings (SSSR count). The zero-order chi connectivity index (χ0) is 14.1. The Hall–Kier alpha value is -0.910. The molecule has 110 valence electrons. The van der Waals surface area contributed by atoms with Crippen molar-refractivity contribution in [1.82, 2.24) is 5.32 Å². The SMILES string of the molecule is COC(=O)CNCC(O)COCC1CC=CCC1C. The molecule has 1 aliphatic rings. The summed E-state index contributed by atoms with van der Waals surface area (Å²) in [4.78, 5) is 10.8. The lowest BCUT2D eigenvalue weighted by molar-refractivity contribution is -0.139. The van der Waals surface area contributed by atoms with Crippen molar-refractivity contribution in [2.24, 2.45) is 11.8 Å². The van der Waals surface area contributed by atoms with Crippen LogP contribution in [0.1, 0.15) is 19.8 Å². The fourth-order valence-electron chi connectivity index (χ4n) is 2.07. The molecule has 0 aromatic rings. The van der Waals surface area contributed by atoms with E-state index in [0.717, 1.165) is 12.8 Å². The molecule has 5 nitrogen and oxygen atoms in total. The normalized spacial score (nSPS) is 24.2. The minimum absolute atomic E-state index is 0.109. The fourth-order valence-corrected chi connectivity index (χ4v) is 2.07. The Morgan fingerprint density at radius 2 is 2.21 bits per heavy atom. The van der Waals surface area contributed by atoms with Crippen LogP contribution in [0, 0.1) is 11.8 Å². The molecule has 0 radical (unpaired) electrons. The number of esters is 1. The van der Waals surface area contributed by atoms with Crippen LogP contribution in [0.2, 0.25) is 0 Å². The van der Waals surface area contributed by atoms with Crippen molar-refractivity contribution in [3.63, 3.8) is 0 Å². The van der Waals surface area contributed by atoms with Gasteiger partial charge in [0, 0.05) is 6.54 Å². The monoisotopic (exact) mass is 271 g/mol. The number of carbonyl (C=O) groups excluding carboxylic acids is 1. The van der Waals surface area contributed by atoms with Gasteiger partial charge in [0.15, 0.2) is 0 Å². The van der Waals surface area contributed by atoms with Gasteiger partial charge in [-0.05, 0) is 24.7 Å². The van der Waals surface area contributed by atoms with E-state index < -0.39 is 6.10 Å². The smallest absolute Gasteiger partial charge is 0.319 e. The largest absolute Gasteiger partial charge is 0.468 e. The Bertz CT molecular complexity index is 293. The van der Waals surface area contributed by atoms with Crippen molar-refractivity contribution in [3.05, 3.63) is 12.2 Å². The number of methoxy groups -OCH3 is 1. The van der Waals surface area contributed by atoms with E-state index in [0.29, 0.717) is 31.6 Å². The second-order valence-electron chi connectivity index (χ2n) is 5.08. The number of aliphatic hydroxyl groups excluding tert-OH is 1. The zero-order valence-electron chi connectivity index (χ0n) is 11.8. The highest BCUT2D eigenvalue weighted by molar-refractivity contribution is 5.71. The molecule has 0 saturated heterocycles. The molecule has 2 N–H and O–H groups in total. The number of nitrogens with one attached hydrogen (secondary N) is 1. The molecule has 3 unspecified atom stereocenters. The van der Waals surface area contributed by atoms with Gasteiger partial charge >= 0.3 is 5.97 Å². The Morgan fingerprint density at radius 3 is 2.89 bits per heavy atom. The van der Waals surface area contributed by atoms with Crippen molar-refractivity contribution >= 4 is 5.97 Å². The molecule has 0 bridgehead atoms. The molecule has 0 spiro atoms. The minimum Gasteiger partial charge on any atom is -0.468 e. The summed E-state index contributed by atoms with van der Waals surface area (Å²) < 4.78 is 10.0. The minimum atomic E-state index is -0.598. The third kappa shape index (κ3) is 6.71. The van der Waals surface area contributed by atoms with E-state index in [9.17, 15) is 9.90 Å². The molecule has 0 aromatic heterocycles. The molecular formula is C14H25NO4. The van der Waals surface area contributed by atoms with E-state index in [1.165, 1.54) is 7.11 Å². The van der Waals surface area contributed by atoms with Gasteiger partial charge in [-0.25, -0.2) is 0 Å². The Balaban J connectivity index is 2.05. The topological polar surface area (TPSA) is 67.8 Å². The molecule has 0 amide bonds.